The van der Waals surface area contributed by atoms with E-state index in [1.807, 2.05) is 34.6 Å². The van der Waals surface area contributed by atoms with E-state index in [4.69, 9.17) is 14.0 Å². The third-order valence-corrected chi connectivity index (χ3v) is 5.78. The van der Waals surface area contributed by atoms with Gasteiger partial charge in [-0.3, -0.25) is 4.79 Å². The second kappa shape index (κ2) is 7.43. The highest BCUT2D eigenvalue weighted by Crippen LogP contribution is 2.37. The fourth-order valence-corrected chi connectivity index (χ4v) is 3.43. The lowest BCUT2D eigenvalue weighted by molar-refractivity contribution is 0.00578. The second-order valence-electron chi connectivity index (χ2n) is 8.24. The lowest BCUT2D eigenvalue weighted by Gasteiger charge is -2.32. The van der Waals surface area contributed by atoms with Gasteiger partial charge in [-0.05, 0) is 66.0 Å². The first kappa shape index (κ1) is 20.1. The fourth-order valence-electron chi connectivity index (χ4n) is 3.43. The van der Waals surface area contributed by atoms with Gasteiger partial charge in [0.25, 0.3) is 5.91 Å². The monoisotopic (exact) mass is 377 g/mol. The molecule has 0 aliphatic carbocycles. The Hall–Kier alpha value is -1.60. The molecular formula is C20H29BFNO4. The number of carbonyl (C=O) groups excluding carboxylic acids is 1. The number of hydrogen-bond donors (Lipinski definition) is 0. The first-order valence-corrected chi connectivity index (χ1v) is 9.77. The minimum atomic E-state index is -0.839. The Morgan fingerprint density at radius 1 is 1.15 bits per heavy atom. The topological polar surface area (TPSA) is 48.0 Å². The molecule has 3 rings (SSSR count). The Labute approximate surface area is 161 Å². The van der Waals surface area contributed by atoms with Crippen molar-refractivity contribution in [1.82, 2.24) is 4.90 Å². The van der Waals surface area contributed by atoms with Gasteiger partial charge in [0.2, 0.25) is 0 Å². The van der Waals surface area contributed by atoms with Gasteiger partial charge >= 0.3 is 7.12 Å². The summed E-state index contributed by atoms with van der Waals surface area (Å²) in [5.74, 6) is -0.325. The van der Waals surface area contributed by atoms with Crippen LogP contribution in [0.5, 0.6) is 5.75 Å². The molecule has 2 fully saturated rings. The van der Waals surface area contributed by atoms with Crippen molar-refractivity contribution in [3.63, 3.8) is 0 Å². The minimum Gasteiger partial charge on any atom is -0.493 e. The SMILES string of the molecule is CCOc1cc(B2OC(C)(C)C(C)(C)O2)c(F)cc1C(=O)N1CCCCC1. The first-order valence-electron chi connectivity index (χ1n) is 9.77. The van der Waals surface area contributed by atoms with E-state index < -0.39 is 24.1 Å². The molecule has 2 aliphatic heterocycles. The van der Waals surface area contributed by atoms with Crippen LogP contribution in [0, 0.1) is 5.82 Å². The summed E-state index contributed by atoms with van der Waals surface area (Å²) >= 11 is 0. The van der Waals surface area contributed by atoms with Gasteiger partial charge < -0.3 is 18.9 Å². The van der Waals surface area contributed by atoms with E-state index in [1.165, 1.54) is 6.07 Å². The number of nitrogens with zero attached hydrogens (tertiary/aromatic N) is 1. The number of benzene rings is 1. The molecule has 0 atom stereocenters. The molecule has 7 heteroatoms. The number of piperidine rings is 1. The van der Waals surface area contributed by atoms with Crippen LogP contribution in [0.1, 0.15) is 64.2 Å². The van der Waals surface area contributed by atoms with Crippen molar-refractivity contribution in [2.75, 3.05) is 19.7 Å². The maximum absolute atomic E-state index is 15.0. The summed E-state index contributed by atoms with van der Waals surface area (Å²) in [6.45, 7) is 11.3. The van der Waals surface area contributed by atoms with Crippen LogP contribution in [-0.2, 0) is 9.31 Å². The van der Waals surface area contributed by atoms with Crippen LogP contribution in [0.15, 0.2) is 12.1 Å². The molecule has 0 spiro atoms. The van der Waals surface area contributed by atoms with Crippen LogP contribution in [-0.4, -0.2) is 48.8 Å². The van der Waals surface area contributed by atoms with E-state index in [1.54, 1.807) is 11.0 Å². The van der Waals surface area contributed by atoms with Crippen molar-refractivity contribution in [2.45, 2.75) is 65.1 Å². The van der Waals surface area contributed by atoms with E-state index in [2.05, 4.69) is 0 Å². The molecule has 0 saturated carbocycles. The molecule has 0 N–H and O–H groups in total. The fraction of sp³-hybridized carbons (Fsp3) is 0.650. The molecule has 0 radical (unpaired) electrons. The number of hydrogen-bond acceptors (Lipinski definition) is 4. The summed E-state index contributed by atoms with van der Waals surface area (Å²) in [7, 11) is -0.839. The third-order valence-electron chi connectivity index (χ3n) is 5.78. The number of halogens is 1. The average molecular weight is 377 g/mol. The largest absolute Gasteiger partial charge is 0.497 e. The Bertz CT molecular complexity index is 700. The lowest BCUT2D eigenvalue weighted by atomic mass is 9.78. The number of amides is 1. The maximum Gasteiger partial charge on any atom is 0.497 e. The Kier molecular flexibility index (Phi) is 5.55. The van der Waals surface area contributed by atoms with E-state index >= 15 is 0 Å². The summed E-state index contributed by atoms with van der Waals surface area (Å²) in [6.07, 6.45) is 3.08. The molecule has 0 unspecified atom stereocenters. The number of carbonyl (C=O) groups is 1. The van der Waals surface area contributed by atoms with Crippen LogP contribution in [0.2, 0.25) is 0 Å². The van der Waals surface area contributed by atoms with Crippen molar-refractivity contribution < 1.29 is 23.2 Å². The van der Waals surface area contributed by atoms with Gasteiger partial charge in [0.15, 0.2) is 0 Å². The van der Waals surface area contributed by atoms with Crippen molar-refractivity contribution in [3.8, 4) is 5.75 Å². The van der Waals surface area contributed by atoms with Crippen LogP contribution in [0.3, 0.4) is 0 Å². The third kappa shape index (κ3) is 3.85. The van der Waals surface area contributed by atoms with Gasteiger partial charge in [0.05, 0.1) is 23.4 Å². The second-order valence-corrected chi connectivity index (χ2v) is 8.24. The normalized spacial score (nSPS) is 21.4. The lowest BCUT2D eigenvalue weighted by Crippen LogP contribution is -2.41. The molecule has 0 bridgehead atoms. The predicted molar refractivity (Wildman–Crippen MR) is 103 cm³/mol. The zero-order chi connectivity index (χ0) is 19.8. The zero-order valence-electron chi connectivity index (χ0n) is 16.9. The summed E-state index contributed by atoms with van der Waals surface area (Å²) in [5.41, 5.74) is -0.625. The summed E-state index contributed by atoms with van der Waals surface area (Å²) in [5, 5.41) is 0. The van der Waals surface area contributed by atoms with Crippen LogP contribution >= 0.6 is 0 Å². The maximum atomic E-state index is 15.0. The Balaban J connectivity index is 1.94. The molecule has 2 heterocycles. The van der Waals surface area contributed by atoms with Gasteiger partial charge in [-0.2, -0.15) is 0 Å². The molecule has 148 valence electrons. The van der Waals surface area contributed by atoms with Crippen molar-refractivity contribution >= 4 is 18.5 Å². The highest BCUT2D eigenvalue weighted by molar-refractivity contribution is 6.62. The predicted octanol–water partition coefficient (Wildman–Crippen LogP) is 3.15. The molecule has 0 aromatic heterocycles. The highest BCUT2D eigenvalue weighted by Gasteiger charge is 2.52. The molecule has 1 aromatic carbocycles. The van der Waals surface area contributed by atoms with Crippen LogP contribution in [0.25, 0.3) is 0 Å². The van der Waals surface area contributed by atoms with E-state index in [0.29, 0.717) is 25.4 Å². The van der Waals surface area contributed by atoms with Gasteiger partial charge in [0.1, 0.15) is 11.6 Å². The molecule has 2 saturated heterocycles. The van der Waals surface area contributed by atoms with Crippen LogP contribution < -0.4 is 10.2 Å². The molecule has 1 amide bonds. The molecule has 27 heavy (non-hydrogen) atoms. The molecule has 1 aromatic rings. The van der Waals surface area contributed by atoms with Gasteiger partial charge in [-0.25, -0.2) is 4.39 Å². The Morgan fingerprint density at radius 2 is 1.74 bits per heavy atom. The van der Waals surface area contributed by atoms with E-state index in [0.717, 1.165) is 19.3 Å². The summed E-state index contributed by atoms with van der Waals surface area (Å²) < 4.78 is 32.6. The average Bonchev–Trinajstić information content (AvgIpc) is 2.84. The quantitative estimate of drug-likeness (QED) is 0.757. The van der Waals surface area contributed by atoms with Crippen molar-refractivity contribution in [1.29, 1.82) is 0 Å². The van der Waals surface area contributed by atoms with Crippen molar-refractivity contribution in [2.24, 2.45) is 0 Å². The van der Waals surface area contributed by atoms with E-state index in [9.17, 15) is 9.18 Å². The van der Waals surface area contributed by atoms with Gasteiger partial charge in [-0.1, -0.05) is 0 Å². The standard InChI is InChI=1S/C20H29BFNO4/c1-6-25-17-13-15(21-26-19(2,3)20(4,5)27-21)16(22)12-14(17)18(24)23-10-8-7-9-11-23/h12-13H,6-11H2,1-5H3. The number of likely N-dealkylation sites (tertiary alicyclic amines) is 1. The molecule has 5 nitrogen and oxygen atoms in total. The van der Waals surface area contributed by atoms with Crippen molar-refractivity contribution in [3.05, 3.63) is 23.5 Å². The minimum absolute atomic E-state index is 0.183. The van der Waals surface area contributed by atoms with Crippen LogP contribution in [0.4, 0.5) is 4.39 Å². The van der Waals surface area contributed by atoms with Gasteiger partial charge in [-0.15, -0.1) is 0 Å². The summed E-state index contributed by atoms with van der Waals surface area (Å²) in [6, 6.07) is 2.82. The zero-order valence-corrected chi connectivity index (χ0v) is 16.9. The van der Waals surface area contributed by atoms with E-state index in [-0.39, 0.29) is 16.9 Å². The first-order chi connectivity index (χ1) is 12.7. The number of ether oxygens (including phenoxy) is 1. The summed E-state index contributed by atoms with van der Waals surface area (Å²) in [4.78, 5) is 14.7. The smallest absolute Gasteiger partial charge is 0.493 e. The van der Waals surface area contributed by atoms with Gasteiger partial charge in [0, 0.05) is 18.6 Å². The highest BCUT2D eigenvalue weighted by atomic mass is 19.1. The number of rotatable bonds is 4. The Morgan fingerprint density at radius 3 is 2.30 bits per heavy atom. The molecular weight excluding hydrogens is 348 g/mol. The molecule has 2 aliphatic rings.